The highest BCUT2D eigenvalue weighted by molar-refractivity contribution is 7.04. The van der Waals surface area contributed by atoms with Crippen LogP contribution < -0.4 is 93.4 Å². The Labute approximate surface area is 704 Å². The number of aryl methyl sites for hydroxylation is 12. The minimum absolute atomic E-state index is 0.211. The first kappa shape index (κ1) is 72.4. The molecule has 0 saturated heterocycles. The summed E-state index contributed by atoms with van der Waals surface area (Å²) < 4.78 is 15.6. The molecule has 0 atom stereocenters. The smallest absolute Gasteiger partial charge is 0.256 e. The number of hydrogen-bond acceptors (Lipinski definition) is 9. The molecule has 0 radical (unpaired) electrons. The Bertz CT molecular complexity index is 6750. The van der Waals surface area contributed by atoms with Crippen LogP contribution in [0.2, 0.25) is 0 Å². The Balaban J connectivity index is 0.841. The molecule has 0 saturated carbocycles. The van der Waals surface area contributed by atoms with Crippen molar-refractivity contribution in [2.24, 2.45) is 0 Å². The van der Waals surface area contributed by atoms with E-state index in [1.165, 1.54) is 94.1 Å². The van der Waals surface area contributed by atoms with Gasteiger partial charge < -0.3 is 44.2 Å². The van der Waals surface area contributed by atoms with E-state index >= 15 is 0 Å². The summed E-state index contributed by atoms with van der Waals surface area (Å²) in [6.07, 6.45) is 0. The lowest BCUT2D eigenvalue weighted by atomic mass is 9.29. The van der Waals surface area contributed by atoms with Gasteiger partial charge in [-0.2, -0.15) is 0 Å². The minimum atomic E-state index is -0.374. The monoisotopic (exact) mass is 1550 g/mol. The van der Waals surface area contributed by atoms with Crippen LogP contribution in [0, 0.1) is 83.1 Å². The molecule has 9 nitrogen and oxygen atoms in total. The second-order valence-corrected chi connectivity index (χ2v) is 34.2. The van der Waals surface area contributed by atoms with Crippen LogP contribution in [0.1, 0.15) is 66.8 Å². The summed E-state index contributed by atoms with van der Waals surface area (Å²) >= 11 is 0. The summed E-state index contributed by atoms with van der Waals surface area (Å²) in [4.78, 5) is 15.0. The molecule has 120 heavy (non-hydrogen) atoms. The van der Waals surface area contributed by atoms with E-state index in [0.29, 0.717) is 0 Å². The molecule has 12 heteroatoms. The van der Waals surface area contributed by atoms with Crippen molar-refractivity contribution in [3.63, 3.8) is 0 Å². The molecule has 0 bridgehead atoms. The number of fused-ring (bicyclic) bond motifs is 12. The van der Waals surface area contributed by atoms with Gasteiger partial charge in [-0.1, -0.05) is 208 Å². The van der Waals surface area contributed by atoms with Crippen molar-refractivity contribution in [2.45, 2.75) is 83.1 Å². The number of hydrogen-bond donors (Lipinski definition) is 1. The number of rotatable bonds is 12. The maximum atomic E-state index is 8.06. The van der Waals surface area contributed by atoms with E-state index in [9.17, 15) is 0 Å². The highest BCUT2D eigenvalue weighted by atomic mass is 16.5. The van der Waals surface area contributed by atoms with Crippen LogP contribution >= 0.6 is 0 Å². The molecule has 22 rings (SSSR count). The highest BCUT2D eigenvalue weighted by Crippen LogP contribution is 2.54. The predicted molar refractivity (Wildman–Crippen MR) is 508 cm³/mol. The van der Waals surface area contributed by atoms with E-state index in [-0.39, 0.29) is 20.1 Å². The zero-order valence-corrected chi connectivity index (χ0v) is 69.7. The summed E-state index contributed by atoms with van der Waals surface area (Å²) in [5.41, 5.74) is 46.0. The lowest BCUT2D eigenvalue weighted by Crippen LogP contribution is -2.65. The topological polar surface area (TPSA) is 49.9 Å². The fraction of sp³-hybridized carbons (Fsp3) is 0.111. The first-order valence-corrected chi connectivity index (χ1v) is 42.0. The predicted octanol–water partition coefficient (Wildman–Crippen LogP) is 23.0. The number of benzene rings is 16. The van der Waals surface area contributed by atoms with Crippen LogP contribution in [-0.2, 0) is 0 Å². The molecule has 0 aromatic heterocycles. The summed E-state index contributed by atoms with van der Waals surface area (Å²) in [5, 5.41) is 4.26. The molecule has 6 aliphatic rings. The van der Waals surface area contributed by atoms with Gasteiger partial charge in [-0.3, -0.25) is 0 Å². The molecule has 16 aromatic rings. The zero-order valence-electron chi connectivity index (χ0n) is 69.7. The van der Waals surface area contributed by atoms with E-state index < -0.39 is 0 Å². The van der Waals surface area contributed by atoms with Gasteiger partial charge in [0.1, 0.15) is 23.0 Å². The molecule has 576 valence electrons. The number of ether oxygens (including phenoxy) is 2. The number of nitrogens with zero attached hydrogens (tertiary/aromatic N) is 6. The van der Waals surface area contributed by atoms with Crippen LogP contribution in [0.15, 0.2) is 309 Å². The molecule has 0 aliphatic carbocycles. The summed E-state index contributed by atoms with van der Waals surface area (Å²) in [6.45, 7) is 25.8. The van der Waals surface area contributed by atoms with Crippen LogP contribution in [0.25, 0.3) is 0 Å². The van der Waals surface area contributed by atoms with Crippen molar-refractivity contribution in [2.75, 3.05) is 34.7 Å². The number of nitrogens with one attached hydrogen (secondary N) is 1. The Hall–Kier alpha value is -14.1. The second kappa shape index (κ2) is 27.8. The first-order chi connectivity index (χ1) is 58.4. The van der Waals surface area contributed by atoms with Crippen molar-refractivity contribution >= 4 is 183 Å². The zero-order chi connectivity index (χ0) is 81.4. The standard InChI is InChI=1S/C108H88B3N7O2/c1-64-26-38-77(39-27-64)113(78-40-28-65(2)29-41-78)83-54-93-104-97(55-83)116(76-20-14-13-15-21-76)94-24-18-16-22-86(94)109(104)88-60-91-101(62-92(88)112-93)120-103-59-85(115(81-46-34-68(5)35-47-81)82-48-36-69(6)37-49-82)57-99-106(103)111(91)90-61-89-95(63-96(90)118(99)108-74(11)52-71(8)53-75(108)12)117(107-72(9)50-70(7)51-73(107)10)98-56-84(58-102-105(98)110(89)87-23-17-19-25-100(87)119-102)114(79-42-30-66(3)31-43-79)80-44-32-67(4)33-45-80/h13-63,112H,1-12H3. The van der Waals surface area contributed by atoms with Crippen LogP contribution in [0.3, 0.4) is 0 Å². The Morgan fingerprint density at radius 2 is 0.583 bits per heavy atom. The van der Waals surface area contributed by atoms with Crippen molar-refractivity contribution in [3.05, 3.63) is 376 Å². The normalized spacial score (nSPS) is 13.1. The SMILES string of the molecule is Cc1ccc(N(c2ccc(C)cc2)c2cc3c4c(c2)N(c2ccccc2)c2ccccc2B4c2cc4c(cc2N3)Oc2cc(N(c3ccc(C)cc3)c3ccc(C)cc3)cc3c2B4c2cc4c(cc2N3c2c(C)cc(C)cc2C)N(c2c(C)cc(C)cc2C)c2cc(N(c3ccc(C)cc3)c3ccc(C)cc3)cc3c2B4c2ccccc2O3)cc1. The van der Waals surface area contributed by atoms with E-state index in [1.807, 2.05) is 0 Å². The van der Waals surface area contributed by atoms with Crippen LogP contribution in [0.4, 0.5) is 114 Å². The van der Waals surface area contributed by atoms with Crippen molar-refractivity contribution < 1.29 is 9.47 Å². The first-order valence-electron chi connectivity index (χ1n) is 42.0. The summed E-state index contributed by atoms with van der Waals surface area (Å²) in [5.74, 6) is 3.26. The molecule has 0 spiro atoms. The van der Waals surface area contributed by atoms with Gasteiger partial charge in [0.05, 0.1) is 28.4 Å². The second-order valence-electron chi connectivity index (χ2n) is 34.2. The van der Waals surface area contributed by atoms with E-state index in [2.05, 4.69) is 427 Å². The molecule has 6 heterocycles. The maximum Gasteiger partial charge on any atom is 0.256 e. The molecule has 6 aliphatic heterocycles. The van der Waals surface area contributed by atoms with Gasteiger partial charge in [-0.15, -0.1) is 0 Å². The van der Waals surface area contributed by atoms with E-state index in [0.717, 1.165) is 159 Å². The average Bonchev–Trinajstić information content (AvgIpc) is 0.681. The van der Waals surface area contributed by atoms with Gasteiger partial charge in [-0.05, 0) is 282 Å². The van der Waals surface area contributed by atoms with Gasteiger partial charge in [0.25, 0.3) is 20.1 Å². The summed E-state index contributed by atoms with van der Waals surface area (Å²) in [6, 6.07) is 117. The van der Waals surface area contributed by atoms with Crippen molar-refractivity contribution in [1.82, 2.24) is 0 Å². The van der Waals surface area contributed by atoms with Crippen LogP contribution in [-0.4, -0.2) is 20.1 Å². The summed E-state index contributed by atoms with van der Waals surface area (Å²) in [7, 11) is 0. The molecule has 0 amide bonds. The molecule has 0 unspecified atom stereocenters. The van der Waals surface area contributed by atoms with Gasteiger partial charge in [0.2, 0.25) is 0 Å². The molecule has 0 fully saturated rings. The Morgan fingerprint density at radius 3 is 1.02 bits per heavy atom. The number of para-hydroxylation sites is 3. The molecular weight excluding hydrogens is 1460 g/mol. The fourth-order valence-corrected chi connectivity index (χ4v) is 20.5. The highest BCUT2D eigenvalue weighted by Gasteiger charge is 2.51. The third kappa shape index (κ3) is 11.6. The van der Waals surface area contributed by atoms with Crippen molar-refractivity contribution in [1.29, 1.82) is 0 Å². The maximum absolute atomic E-state index is 8.06. The van der Waals surface area contributed by atoms with Crippen LogP contribution in [0.5, 0.6) is 23.0 Å². The molecule has 1 N–H and O–H groups in total. The van der Waals surface area contributed by atoms with Gasteiger partial charge in [0, 0.05) is 104 Å². The Kier molecular flexibility index (Phi) is 16.8. The quantitative estimate of drug-likeness (QED) is 0.121. The fourth-order valence-electron chi connectivity index (χ4n) is 20.5. The molecule has 16 aromatic carbocycles. The largest absolute Gasteiger partial charge is 0.458 e. The van der Waals surface area contributed by atoms with E-state index in [1.54, 1.807) is 0 Å². The molecular formula is C108H88B3N7O2. The van der Waals surface area contributed by atoms with Crippen molar-refractivity contribution in [3.8, 4) is 23.0 Å². The third-order valence-corrected chi connectivity index (χ3v) is 25.7. The van der Waals surface area contributed by atoms with Gasteiger partial charge >= 0.3 is 0 Å². The lowest BCUT2D eigenvalue weighted by molar-refractivity contribution is 0.487. The Morgan fingerprint density at radius 1 is 0.225 bits per heavy atom. The van der Waals surface area contributed by atoms with E-state index in [4.69, 9.17) is 9.47 Å². The number of anilines is 20. The minimum Gasteiger partial charge on any atom is -0.458 e. The lowest BCUT2D eigenvalue weighted by Gasteiger charge is -2.46. The third-order valence-electron chi connectivity index (χ3n) is 25.7. The average molecular weight is 1550 g/mol. The van der Waals surface area contributed by atoms with Gasteiger partial charge in [0.15, 0.2) is 0 Å². The van der Waals surface area contributed by atoms with Gasteiger partial charge in [-0.25, -0.2) is 0 Å².